The number of hydrogen-bond donors (Lipinski definition) is 3. The zero-order chi connectivity index (χ0) is 18.1. The van der Waals surface area contributed by atoms with Crippen molar-refractivity contribution in [2.75, 3.05) is 26.2 Å². The average molecular weight is 340 g/mol. The van der Waals surface area contributed by atoms with Crippen LogP contribution in [0.15, 0.2) is 0 Å². The summed E-state index contributed by atoms with van der Waals surface area (Å²) in [6.07, 6.45) is 2.29. The minimum Gasteiger partial charge on any atom is -0.355 e. The van der Waals surface area contributed by atoms with E-state index in [4.69, 9.17) is 0 Å². The topological polar surface area (TPSA) is 90.5 Å². The molecule has 0 unspecified atom stereocenters. The van der Waals surface area contributed by atoms with Gasteiger partial charge in [0.25, 0.3) is 0 Å². The fourth-order valence-corrected chi connectivity index (χ4v) is 3.09. The molecule has 0 aliphatic carbocycles. The Morgan fingerprint density at radius 1 is 1.12 bits per heavy atom. The Labute approximate surface area is 144 Å². The number of urea groups is 1. The van der Waals surface area contributed by atoms with Crippen LogP contribution < -0.4 is 16.0 Å². The molecule has 0 bridgehead atoms. The second-order valence-corrected chi connectivity index (χ2v) is 6.80. The molecule has 0 saturated carbocycles. The fraction of sp³-hybridized carbons (Fsp3) is 0.824. The minimum absolute atomic E-state index is 0.0124. The van der Waals surface area contributed by atoms with Gasteiger partial charge in [0.1, 0.15) is 0 Å². The van der Waals surface area contributed by atoms with Gasteiger partial charge in [0.15, 0.2) is 0 Å². The molecule has 2 atom stereocenters. The van der Waals surface area contributed by atoms with Gasteiger partial charge >= 0.3 is 6.03 Å². The predicted molar refractivity (Wildman–Crippen MR) is 93.4 cm³/mol. The summed E-state index contributed by atoms with van der Waals surface area (Å²) in [4.78, 5) is 36.8. The molecule has 1 saturated heterocycles. The molecule has 0 spiro atoms. The van der Waals surface area contributed by atoms with Crippen molar-refractivity contribution < 1.29 is 14.4 Å². The first kappa shape index (κ1) is 20.3. The van der Waals surface area contributed by atoms with Gasteiger partial charge in [0.2, 0.25) is 11.8 Å². The summed E-state index contributed by atoms with van der Waals surface area (Å²) >= 11 is 0. The van der Waals surface area contributed by atoms with Crippen LogP contribution in [0.4, 0.5) is 4.79 Å². The predicted octanol–water partition coefficient (Wildman–Crippen LogP) is 1.09. The molecule has 0 aromatic carbocycles. The third-order valence-corrected chi connectivity index (χ3v) is 4.38. The number of carbonyl (C=O) groups excluding carboxylic acids is 3. The lowest BCUT2D eigenvalue weighted by molar-refractivity contribution is -0.123. The first-order valence-corrected chi connectivity index (χ1v) is 8.90. The van der Waals surface area contributed by atoms with E-state index in [0.717, 1.165) is 12.8 Å². The van der Waals surface area contributed by atoms with Crippen LogP contribution in [-0.2, 0) is 9.59 Å². The molecular weight excluding hydrogens is 308 g/mol. The quantitative estimate of drug-likeness (QED) is 0.606. The number of piperidine rings is 1. The molecule has 0 aromatic heterocycles. The van der Waals surface area contributed by atoms with Crippen molar-refractivity contribution in [2.45, 2.75) is 53.0 Å². The first-order valence-electron chi connectivity index (χ1n) is 8.90. The summed E-state index contributed by atoms with van der Waals surface area (Å²) in [6, 6.07) is 0.117. The number of carbonyl (C=O) groups is 3. The molecule has 3 N–H and O–H groups in total. The van der Waals surface area contributed by atoms with E-state index in [1.54, 1.807) is 0 Å². The van der Waals surface area contributed by atoms with Gasteiger partial charge in [-0.15, -0.1) is 0 Å². The van der Waals surface area contributed by atoms with Crippen LogP contribution in [0.1, 0.15) is 47.0 Å². The van der Waals surface area contributed by atoms with Crippen LogP contribution in [-0.4, -0.2) is 55.0 Å². The number of hydrogen-bond acceptors (Lipinski definition) is 3. The Morgan fingerprint density at radius 2 is 1.79 bits per heavy atom. The first-order chi connectivity index (χ1) is 11.3. The van der Waals surface area contributed by atoms with Crippen LogP contribution in [0, 0.1) is 11.8 Å². The summed E-state index contributed by atoms with van der Waals surface area (Å²) in [5, 5.41) is 8.43. The van der Waals surface area contributed by atoms with Crippen molar-refractivity contribution in [1.29, 1.82) is 0 Å². The Hall–Kier alpha value is -1.79. The molecule has 24 heavy (non-hydrogen) atoms. The van der Waals surface area contributed by atoms with Gasteiger partial charge in [0, 0.05) is 45.6 Å². The number of rotatable bonds is 7. The van der Waals surface area contributed by atoms with Crippen LogP contribution in [0.3, 0.4) is 0 Å². The van der Waals surface area contributed by atoms with Crippen molar-refractivity contribution in [1.82, 2.24) is 20.9 Å². The van der Waals surface area contributed by atoms with E-state index in [-0.39, 0.29) is 23.9 Å². The van der Waals surface area contributed by atoms with Gasteiger partial charge < -0.3 is 20.9 Å². The third-order valence-electron chi connectivity index (χ3n) is 4.38. The van der Waals surface area contributed by atoms with Gasteiger partial charge in [-0.2, -0.15) is 0 Å². The van der Waals surface area contributed by atoms with E-state index in [2.05, 4.69) is 22.9 Å². The molecule has 4 amide bonds. The van der Waals surface area contributed by atoms with Crippen LogP contribution in [0.25, 0.3) is 0 Å². The molecular formula is C17H32N4O3. The average Bonchev–Trinajstić information content (AvgIpc) is 2.51. The molecule has 1 rings (SSSR count). The van der Waals surface area contributed by atoms with Crippen molar-refractivity contribution in [3.8, 4) is 0 Å². The van der Waals surface area contributed by atoms with Crippen molar-refractivity contribution >= 4 is 17.8 Å². The van der Waals surface area contributed by atoms with Gasteiger partial charge in [-0.05, 0) is 32.1 Å². The second kappa shape index (κ2) is 10.2. The van der Waals surface area contributed by atoms with Crippen LogP contribution >= 0.6 is 0 Å². The molecule has 1 fully saturated rings. The Kier molecular flexibility index (Phi) is 8.57. The molecule has 1 heterocycles. The molecule has 1 aliphatic heterocycles. The Morgan fingerprint density at radius 3 is 2.38 bits per heavy atom. The van der Waals surface area contributed by atoms with E-state index in [9.17, 15) is 14.4 Å². The Balaban J connectivity index is 2.40. The maximum absolute atomic E-state index is 12.1. The summed E-state index contributed by atoms with van der Waals surface area (Å²) in [5.74, 6) is 0.572. The maximum atomic E-state index is 12.1. The van der Waals surface area contributed by atoms with Gasteiger partial charge in [-0.25, -0.2) is 4.79 Å². The van der Waals surface area contributed by atoms with Gasteiger partial charge in [-0.3, -0.25) is 9.59 Å². The zero-order valence-corrected chi connectivity index (χ0v) is 15.4. The van der Waals surface area contributed by atoms with E-state index in [0.29, 0.717) is 44.4 Å². The highest BCUT2D eigenvalue weighted by molar-refractivity contribution is 5.77. The van der Waals surface area contributed by atoms with Gasteiger partial charge in [-0.1, -0.05) is 13.3 Å². The second-order valence-electron chi connectivity index (χ2n) is 6.80. The lowest BCUT2D eigenvalue weighted by Crippen LogP contribution is -2.50. The normalized spacial score (nSPS) is 20.6. The number of amides is 4. The Bertz CT molecular complexity index is 440. The largest absolute Gasteiger partial charge is 0.355 e. The van der Waals surface area contributed by atoms with E-state index < -0.39 is 0 Å². The van der Waals surface area contributed by atoms with Crippen molar-refractivity contribution in [2.24, 2.45) is 11.8 Å². The SMILES string of the molecule is CC[C@H]1CN(C(=O)NC(C)C)CC[C@H]1CC(=O)NCCNC(C)=O. The summed E-state index contributed by atoms with van der Waals surface area (Å²) in [6.45, 7) is 9.77. The molecule has 0 radical (unpaired) electrons. The van der Waals surface area contributed by atoms with E-state index in [1.807, 2.05) is 18.7 Å². The smallest absolute Gasteiger partial charge is 0.317 e. The molecule has 1 aliphatic rings. The van der Waals surface area contributed by atoms with Crippen LogP contribution in [0.2, 0.25) is 0 Å². The molecule has 7 heteroatoms. The minimum atomic E-state index is -0.0951. The monoisotopic (exact) mass is 340 g/mol. The summed E-state index contributed by atoms with van der Waals surface area (Å²) in [7, 11) is 0. The fourth-order valence-electron chi connectivity index (χ4n) is 3.09. The highest BCUT2D eigenvalue weighted by Crippen LogP contribution is 2.29. The van der Waals surface area contributed by atoms with Crippen LogP contribution in [0.5, 0.6) is 0 Å². The lowest BCUT2D eigenvalue weighted by atomic mass is 9.81. The van der Waals surface area contributed by atoms with E-state index >= 15 is 0 Å². The third kappa shape index (κ3) is 7.19. The maximum Gasteiger partial charge on any atom is 0.317 e. The van der Waals surface area contributed by atoms with Gasteiger partial charge in [0.05, 0.1) is 0 Å². The van der Waals surface area contributed by atoms with E-state index in [1.165, 1.54) is 6.92 Å². The molecule has 0 aromatic rings. The van der Waals surface area contributed by atoms with Crippen molar-refractivity contribution in [3.05, 3.63) is 0 Å². The molecule has 138 valence electrons. The highest BCUT2D eigenvalue weighted by Gasteiger charge is 2.31. The zero-order valence-electron chi connectivity index (χ0n) is 15.4. The summed E-state index contributed by atoms with van der Waals surface area (Å²) < 4.78 is 0. The number of nitrogens with one attached hydrogen (secondary N) is 3. The lowest BCUT2D eigenvalue weighted by Gasteiger charge is -2.38. The number of likely N-dealkylation sites (tertiary alicyclic amines) is 1. The van der Waals surface area contributed by atoms with Crippen molar-refractivity contribution in [3.63, 3.8) is 0 Å². The molecule has 7 nitrogen and oxygen atoms in total. The highest BCUT2D eigenvalue weighted by atomic mass is 16.2. The standard InChI is InChI=1S/C17H32N4O3/c1-5-14-11-21(17(24)20-12(2)3)9-6-15(14)10-16(23)19-8-7-18-13(4)22/h12,14-15H,5-11H2,1-4H3,(H,18,22)(H,19,23)(H,20,24)/t14-,15-/m0/s1. The number of nitrogens with zero attached hydrogens (tertiary/aromatic N) is 1. The summed E-state index contributed by atoms with van der Waals surface area (Å²) in [5.41, 5.74) is 0.